The number of hydrogen-bond acceptors (Lipinski definition) is 3. The lowest BCUT2D eigenvalue weighted by Gasteiger charge is -2.22. The molecule has 1 aromatic heterocycles. The summed E-state index contributed by atoms with van der Waals surface area (Å²) in [4.78, 5) is 11.3. The zero-order chi connectivity index (χ0) is 15.6. The lowest BCUT2D eigenvalue weighted by atomic mass is 10.2. The summed E-state index contributed by atoms with van der Waals surface area (Å²) in [5.41, 5.74) is 0.0303. The monoisotopic (exact) mass is 314 g/mol. The van der Waals surface area contributed by atoms with Crippen LogP contribution in [0, 0.1) is 0 Å². The molecule has 7 heteroatoms. The molecule has 0 radical (unpaired) electrons. The minimum Gasteiger partial charge on any atom is -0.477 e. The third-order valence-corrected chi connectivity index (χ3v) is 5.87. The number of carboxylic acid groups (broad SMARTS) is 1. The van der Waals surface area contributed by atoms with Crippen molar-refractivity contribution in [3.05, 3.63) is 18.0 Å². The Morgan fingerprint density at radius 1 is 1.43 bits per heavy atom. The Labute approximate surface area is 125 Å². The van der Waals surface area contributed by atoms with Gasteiger partial charge in [0.1, 0.15) is 10.6 Å². The summed E-state index contributed by atoms with van der Waals surface area (Å²) in [6.07, 6.45) is 4.71. The summed E-state index contributed by atoms with van der Waals surface area (Å²) < 4.78 is 28.5. The van der Waals surface area contributed by atoms with Crippen molar-refractivity contribution in [1.29, 1.82) is 0 Å². The van der Waals surface area contributed by atoms with E-state index in [4.69, 9.17) is 0 Å². The van der Waals surface area contributed by atoms with Crippen LogP contribution in [-0.4, -0.2) is 41.0 Å². The maximum absolute atomic E-state index is 12.7. The Hall–Kier alpha value is -1.34. The van der Waals surface area contributed by atoms with Crippen LogP contribution in [0.1, 0.15) is 50.0 Å². The van der Waals surface area contributed by atoms with Crippen molar-refractivity contribution in [1.82, 2.24) is 8.87 Å². The maximum Gasteiger partial charge on any atom is 0.352 e. The number of carbonyl (C=O) groups is 1. The van der Waals surface area contributed by atoms with Gasteiger partial charge in [-0.1, -0.05) is 13.8 Å². The van der Waals surface area contributed by atoms with E-state index >= 15 is 0 Å². The van der Waals surface area contributed by atoms with Crippen molar-refractivity contribution in [2.75, 3.05) is 6.54 Å². The fourth-order valence-electron chi connectivity index (χ4n) is 2.90. The SMILES string of the molecule is CCCn1cc(S(=O)(=O)N2CCCC2CC)cc1C(=O)O. The number of nitrogens with zero attached hydrogens (tertiary/aromatic N) is 2. The van der Waals surface area contributed by atoms with Crippen LogP contribution in [0.15, 0.2) is 17.2 Å². The highest BCUT2D eigenvalue weighted by atomic mass is 32.2. The second kappa shape index (κ2) is 6.19. The third kappa shape index (κ3) is 2.98. The third-order valence-electron chi connectivity index (χ3n) is 3.96. The molecule has 2 heterocycles. The summed E-state index contributed by atoms with van der Waals surface area (Å²) in [7, 11) is -3.60. The van der Waals surface area contributed by atoms with Gasteiger partial charge in [-0.3, -0.25) is 0 Å². The van der Waals surface area contributed by atoms with Crippen LogP contribution in [0.2, 0.25) is 0 Å². The van der Waals surface area contributed by atoms with E-state index in [2.05, 4.69) is 0 Å². The van der Waals surface area contributed by atoms with Gasteiger partial charge in [-0.05, 0) is 31.7 Å². The molecule has 118 valence electrons. The molecule has 1 fully saturated rings. The van der Waals surface area contributed by atoms with E-state index in [1.165, 1.54) is 21.1 Å². The van der Waals surface area contributed by atoms with E-state index in [0.29, 0.717) is 13.1 Å². The molecule has 1 atom stereocenters. The first-order valence-corrected chi connectivity index (χ1v) is 8.81. The molecule has 0 aromatic carbocycles. The van der Waals surface area contributed by atoms with Crippen molar-refractivity contribution < 1.29 is 18.3 Å². The molecule has 1 N–H and O–H groups in total. The molecule has 1 aliphatic heterocycles. The van der Waals surface area contributed by atoms with Gasteiger partial charge in [0.15, 0.2) is 0 Å². The average Bonchev–Trinajstić information content (AvgIpc) is 3.05. The largest absolute Gasteiger partial charge is 0.477 e. The molecule has 0 aliphatic carbocycles. The number of rotatable bonds is 6. The molecule has 1 aromatic rings. The summed E-state index contributed by atoms with van der Waals surface area (Å²) in [6.45, 7) is 4.91. The second-order valence-electron chi connectivity index (χ2n) is 5.38. The Balaban J connectivity index is 2.40. The normalized spacial score (nSPS) is 20.0. The Morgan fingerprint density at radius 2 is 2.14 bits per heavy atom. The van der Waals surface area contributed by atoms with Gasteiger partial charge < -0.3 is 9.67 Å². The molecule has 1 unspecified atom stereocenters. The fourth-order valence-corrected chi connectivity index (χ4v) is 4.71. The molecule has 2 rings (SSSR count). The number of sulfonamides is 1. The van der Waals surface area contributed by atoms with Crippen molar-refractivity contribution >= 4 is 16.0 Å². The van der Waals surface area contributed by atoms with Crippen molar-refractivity contribution in [2.45, 2.75) is 57.0 Å². The van der Waals surface area contributed by atoms with Crippen LogP contribution >= 0.6 is 0 Å². The zero-order valence-corrected chi connectivity index (χ0v) is 13.3. The highest BCUT2D eigenvalue weighted by Crippen LogP contribution is 2.28. The van der Waals surface area contributed by atoms with E-state index in [1.807, 2.05) is 13.8 Å². The molecule has 0 amide bonds. The van der Waals surface area contributed by atoms with E-state index in [0.717, 1.165) is 25.7 Å². The van der Waals surface area contributed by atoms with Crippen LogP contribution in [0.3, 0.4) is 0 Å². The number of hydrogen-bond donors (Lipinski definition) is 1. The van der Waals surface area contributed by atoms with Crippen LogP contribution < -0.4 is 0 Å². The highest BCUT2D eigenvalue weighted by molar-refractivity contribution is 7.89. The molecule has 0 saturated carbocycles. The summed E-state index contributed by atoms with van der Waals surface area (Å²) in [6, 6.07) is 1.30. The topological polar surface area (TPSA) is 79.6 Å². The number of aromatic carboxylic acids is 1. The summed E-state index contributed by atoms with van der Waals surface area (Å²) >= 11 is 0. The lowest BCUT2D eigenvalue weighted by molar-refractivity contribution is 0.0685. The standard InChI is InChI=1S/C14H22N2O4S/c1-3-7-15-10-12(9-13(15)14(17)18)21(19,20)16-8-5-6-11(16)4-2/h9-11H,3-8H2,1-2H3,(H,17,18). The van der Waals surface area contributed by atoms with Gasteiger partial charge >= 0.3 is 5.97 Å². The first-order chi connectivity index (χ1) is 9.91. The predicted octanol–water partition coefficient (Wildman–Crippen LogP) is 2.16. The number of aromatic nitrogens is 1. The molecule has 21 heavy (non-hydrogen) atoms. The fraction of sp³-hybridized carbons (Fsp3) is 0.643. The van der Waals surface area contributed by atoms with Crippen LogP contribution in [0.25, 0.3) is 0 Å². The molecular weight excluding hydrogens is 292 g/mol. The van der Waals surface area contributed by atoms with E-state index in [-0.39, 0.29) is 16.6 Å². The number of carboxylic acids is 1. The summed E-state index contributed by atoms with van der Waals surface area (Å²) in [5.74, 6) is -1.10. The molecular formula is C14H22N2O4S. The number of aryl methyl sites for hydroxylation is 1. The van der Waals surface area contributed by atoms with Crippen molar-refractivity contribution in [3.8, 4) is 0 Å². The maximum atomic E-state index is 12.7. The van der Waals surface area contributed by atoms with Gasteiger partial charge in [0, 0.05) is 25.3 Å². The Morgan fingerprint density at radius 3 is 2.71 bits per heavy atom. The minimum absolute atomic E-state index is 0.0257. The molecule has 0 spiro atoms. The Bertz CT molecular complexity index is 621. The van der Waals surface area contributed by atoms with E-state index in [9.17, 15) is 18.3 Å². The van der Waals surface area contributed by atoms with Gasteiger partial charge in [-0.25, -0.2) is 13.2 Å². The molecule has 6 nitrogen and oxygen atoms in total. The van der Waals surface area contributed by atoms with Gasteiger partial charge in [0.25, 0.3) is 0 Å². The van der Waals surface area contributed by atoms with Crippen LogP contribution in [0.4, 0.5) is 0 Å². The quantitative estimate of drug-likeness (QED) is 0.872. The van der Waals surface area contributed by atoms with Gasteiger partial charge in [-0.2, -0.15) is 4.31 Å². The zero-order valence-electron chi connectivity index (χ0n) is 12.4. The lowest BCUT2D eigenvalue weighted by Crippen LogP contribution is -2.34. The molecule has 1 aliphatic rings. The first kappa shape index (κ1) is 16.0. The van der Waals surface area contributed by atoms with Crippen molar-refractivity contribution in [3.63, 3.8) is 0 Å². The van der Waals surface area contributed by atoms with Crippen LogP contribution in [-0.2, 0) is 16.6 Å². The van der Waals surface area contributed by atoms with Gasteiger partial charge in [0.2, 0.25) is 10.0 Å². The second-order valence-corrected chi connectivity index (χ2v) is 7.27. The van der Waals surface area contributed by atoms with E-state index < -0.39 is 16.0 Å². The smallest absolute Gasteiger partial charge is 0.352 e. The van der Waals surface area contributed by atoms with Gasteiger partial charge in [-0.15, -0.1) is 0 Å². The van der Waals surface area contributed by atoms with E-state index in [1.54, 1.807) is 0 Å². The van der Waals surface area contributed by atoms with Gasteiger partial charge in [0.05, 0.1) is 0 Å². The minimum atomic E-state index is -3.60. The summed E-state index contributed by atoms with van der Waals surface area (Å²) in [5, 5.41) is 9.21. The van der Waals surface area contributed by atoms with Crippen LogP contribution in [0.5, 0.6) is 0 Å². The first-order valence-electron chi connectivity index (χ1n) is 7.37. The highest BCUT2D eigenvalue weighted by Gasteiger charge is 2.35. The molecule has 1 saturated heterocycles. The Kier molecular flexibility index (Phi) is 4.73. The average molecular weight is 314 g/mol. The van der Waals surface area contributed by atoms with Crippen molar-refractivity contribution in [2.24, 2.45) is 0 Å². The predicted molar refractivity (Wildman–Crippen MR) is 78.9 cm³/mol. The molecule has 0 bridgehead atoms.